The van der Waals surface area contributed by atoms with Gasteiger partial charge in [-0.05, 0) is 30.7 Å². The molecular weight excluding hydrogens is 248 g/mol. The molecule has 0 unspecified atom stereocenters. The Bertz CT molecular complexity index is 596. The molecule has 1 aromatic heterocycles. The van der Waals surface area contributed by atoms with E-state index >= 15 is 0 Å². The Morgan fingerprint density at radius 3 is 2.78 bits per heavy atom. The first-order valence-corrected chi connectivity index (χ1v) is 5.78. The van der Waals surface area contributed by atoms with Crippen molar-refractivity contribution in [1.82, 2.24) is 4.98 Å². The van der Waals surface area contributed by atoms with Gasteiger partial charge in [0.15, 0.2) is 0 Å². The van der Waals surface area contributed by atoms with Crippen molar-refractivity contribution in [2.24, 2.45) is 0 Å². The van der Waals surface area contributed by atoms with Gasteiger partial charge in [-0.15, -0.1) is 0 Å². The van der Waals surface area contributed by atoms with Crippen LogP contribution in [0.15, 0.2) is 43.2 Å². The summed E-state index contributed by atoms with van der Waals surface area (Å²) in [6, 6.07) is 7.11. The zero-order chi connectivity index (χ0) is 13.1. The van der Waals surface area contributed by atoms with Gasteiger partial charge in [-0.3, -0.25) is 4.98 Å². The summed E-state index contributed by atoms with van der Waals surface area (Å²) < 4.78 is 5.74. The number of hydrogen-bond acceptors (Lipinski definition) is 3. The highest BCUT2D eigenvalue weighted by molar-refractivity contribution is 6.30. The summed E-state index contributed by atoms with van der Waals surface area (Å²) in [7, 11) is 0. The van der Waals surface area contributed by atoms with E-state index in [4.69, 9.17) is 22.1 Å². The Morgan fingerprint density at radius 1 is 1.33 bits per heavy atom. The monoisotopic (exact) mass is 260 g/mol. The first-order valence-electron chi connectivity index (χ1n) is 5.40. The largest absolute Gasteiger partial charge is 0.455 e. The lowest BCUT2D eigenvalue weighted by molar-refractivity contribution is 0.479. The third kappa shape index (κ3) is 2.81. The molecule has 1 aromatic carbocycles. The number of rotatable bonds is 3. The number of nitrogens with zero attached hydrogens (tertiary/aromatic N) is 1. The third-order valence-electron chi connectivity index (χ3n) is 2.37. The van der Waals surface area contributed by atoms with Crippen molar-refractivity contribution in [3.05, 3.63) is 53.8 Å². The van der Waals surface area contributed by atoms with Crippen LogP contribution in [0.4, 0.5) is 5.69 Å². The van der Waals surface area contributed by atoms with Crippen molar-refractivity contribution in [2.75, 3.05) is 5.73 Å². The number of benzene rings is 1. The maximum atomic E-state index is 5.86. The molecule has 0 bridgehead atoms. The van der Waals surface area contributed by atoms with Gasteiger partial charge in [0.25, 0.3) is 0 Å². The van der Waals surface area contributed by atoms with Crippen molar-refractivity contribution < 1.29 is 4.74 Å². The minimum atomic E-state index is 0.528. The molecule has 0 radical (unpaired) electrons. The van der Waals surface area contributed by atoms with E-state index in [0.29, 0.717) is 22.2 Å². The Balaban J connectivity index is 2.37. The number of allylic oxidation sites excluding steroid dienone is 1. The average molecular weight is 261 g/mol. The zero-order valence-corrected chi connectivity index (χ0v) is 10.7. The van der Waals surface area contributed by atoms with Gasteiger partial charge < -0.3 is 10.5 Å². The van der Waals surface area contributed by atoms with Crippen LogP contribution in [0.2, 0.25) is 5.02 Å². The normalized spacial score (nSPS) is 10.1. The lowest BCUT2D eigenvalue weighted by Gasteiger charge is -2.11. The Morgan fingerprint density at radius 2 is 2.11 bits per heavy atom. The summed E-state index contributed by atoms with van der Waals surface area (Å²) >= 11 is 5.86. The van der Waals surface area contributed by atoms with Gasteiger partial charge in [0.2, 0.25) is 0 Å². The van der Waals surface area contributed by atoms with Crippen LogP contribution < -0.4 is 10.5 Å². The van der Waals surface area contributed by atoms with Gasteiger partial charge >= 0.3 is 0 Å². The van der Waals surface area contributed by atoms with Crippen molar-refractivity contribution in [3.8, 4) is 11.5 Å². The van der Waals surface area contributed by atoms with E-state index in [0.717, 1.165) is 11.1 Å². The third-order valence-corrected chi connectivity index (χ3v) is 2.58. The van der Waals surface area contributed by atoms with Crippen LogP contribution in [-0.2, 0) is 0 Å². The van der Waals surface area contributed by atoms with E-state index in [-0.39, 0.29) is 0 Å². The Labute approximate surface area is 111 Å². The summed E-state index contributed by atoms with van der Waals surface area (Å²) in [6.45, 7) is 5.81. The van der Waals surface area contributed by atoms with Crippen LogP contribution in [0.5, 0.6) is 11.5 Å². The molecule has 0 aliphatic carbocycles. The fourth-order valence-electron chi connectivity index (χ4n) is 1.55. The van der Waals surface area contributed by atoms with E-state index < -0.39 is 0 Å². The molecule has 2 rings (SSSR count). The molecule has 3 nitrogen and oxygen atoms in total. The number of nitrogens with two attached hydrogens (primary N) is 1. The van der Waals surface area contributed by atoms with Crippen LogP contribution >= 0.6 is 11.6 Å². The predicted molar refractivity (Wildman–Crippen MR) is 74.9 cm³/mol. The molecular formula is C14H13ClN2O. The molecule has 18 heavy (non-hydrogen) atoms. The molecule has 0 atom stereocenters. The second kappa shape index (κ2) is 5.10. The second-order valence-corrected chi connectivity index (χ2v) is 4.41. The van der Waals surface area contributed by atoms with Crippen LogP contribution in [0.1, 0.15) is 12.5 Å². The molecule has 0 saturated heterocycles. The Kier molecular flexibility index (Phi) is 3.53. The van der Waals surface area contributed by atoms with Crippen molar-refractivity contribution >= 4 is 22.9 Å². The molecule has 2 aromatic rings. The second-order valence-electron chi connectivity index (χ2n) is 3.98. The number of pyridine rings is 1. The topological polar surface area (TPSA) is 48.1 Å². The molecule has 4 heteroatoms. The quantitative estimate of drug-likeness (QED) is 0.844. The zero-order valence-electron chi connectivity index (χ0n) is 9.98. The smallest absolute Gasteiger partial charge is 0.147 e. The first kappa shape index (κ1) is 12.5. The van der Waals surface area contributed by atoms with E-state index in [9.17, 15) is 0 Å². The number of aromatic nitrogens is 1. The summed E-state index contributed by atoms with van der Waals surface area (Å²) in [5, 5.41) is 0.528. The predicted octanol–water partition coefficient (Wildman–Crippen LogP) is 4.14. The van der Waals surface area contributed by atoms with E-state index in [1.165, 1.54) is 0 Å². The summed E-state index contributed by atoms with van der Waals surface area (Å²) in [5.41, 5.74) is 8.18. The SMILES string of the molecule is C=C(C)c1cc(N)ccc1Oc1cncc(Cl)c1. The van der Waals surface area contributed by atoms with Gasteiger partial charge in [-0.1, -0.05) is 18.2 Å². The van der Waals surface area contributed by atoms with Crippen LogP contribution in [-0.4, -0.2) is 4.98 Å². The molecule has 1 heterocycles. The van der Waals surface area contributed by atoms with Crippen LogP contribution in [0.25, 0.3) is 5.57 Å². The average Bonchev–Trinajstić information content (AvgIpc) is 2.31. The van der Waals surface area contributed by atoms with Gasteiger partial charge in [0.05, 0.1) is 11.2 Å². The molecule has 0 aliphatic rings. The van der Waals surface area contributed by atoms with E-state index in [1.807, 2.05) is 13.0 Å². The number of nitrogen functional groups attached to an aromatic ring is 1. The molecule has 0 aliphatic heterocycles. The van der Waals surface area contributed by atoms with Crippen molar-refractivity contribution in [1.29, 1.82) is 0 Å². The lowest BCUT2D eigenvalue weighted by atomic mass is 10.1. The number of hydrogen-bond donors (Lipinski definition) is 1. The number of ether oxygens (including phenoxy) is 1. The van der Waals surface area contributed by atoms with Gasteiger partial charge in [0, 0.05) is 23.5 Å². The molecule has 0 saturated carbocycles. The fourth-order valence-corrected chi connectivity index (χ4v) is 1.71. The highest BCUT2D eigenvalue weighted by atomic mass is 35.5. The maximum Gasteiger partial charge on any atom is 0.147 e. The van der Waals surface area contributed by atoms with Crippen molar-refractivity contribution in [2.45, 2.75) is 6.92 Å². The fraction of sp³-hybridized carbons (Fsp3) is 0.0714. The minimum Gasteiger partial charge on any atom is -0.455 e. The molecule has 2 N–H and O–H groups in total. The number of halogens is 1. The lowest BCUT2D eigenvalue weighted by Crippen LogP contribution is -1.93. The van der Waals surface area contributed by atoms with Gasteiger partial charge in [-0.25, -0.2) is 0 Å². The first-order chi connectivity index (χ1) is 8.56. The van der Waals surface area contributed by atoms with Crippen molar-refractivity contribution in [3.63, 3.8) is 0 Å². The summed E-state index contributed by atoms with van der Waals surface area (Å²) in [4.78, 5) is 3.97. The summed E-state index contributed by atoms with van der Waals surface area (Å²) in [6.07, 6.45) is 3.15. The van der Waals surface area contributed by atoms with Crippen LogP contribution in [0, 0.1) is 0 Å². The molecule has 0 spiro atoms. The van der Waals surface area contributed by atoms with Crippen LogP contribution in [0.3, 0.4) is 0 Å². The van der Waals surface area contributed by atoms with Gasteiger partial charge in [-0.2, -0.15) is 0 Å². The number of anilines is 1. The van der Waals surface area contributed by atoms with E-state index in [2.05, 4.69) is 11.6 Å². The highest BCUT2D eigenvalue weighted by Crippen LogP contribution is 2.31. The Hall–Kier alpha value is -2.00. The molecule has 0 fully saturated rings. The maximum absolute atomic E-state index is 5.86. The minimum absolute atomic E-state index is 0.528. The van der Waals surface area contributed by atoms with E-state index in [1.54, 1.807) is 30.6 Å². The summed E-state index contributed by atoms with van der Waals surface area (Å²) in [5.74, 6) is 1.26. The molecule has 92 valence electrons. The van der Waals surface area contributed by atoms with Gasteiger partial charge in [0.1, 0.15) is 11.5 Å². The molecule has 0 amide bonds. The standard InChI is InChI=1S/C14H13ClN2O/c1-9(2)13-6-11(16)3-4-14(13)18-12-5-10(15)7-17-8-12/h3-8H,1,16H2,2H3. The highest BCUT2D eigenvalue weighted by Gasteiger charge is 2.07.